The summed E-state index contributed by atoms with van der Waals surface area (Å²) in [7, 11) is 0. The Labute approximate surface area is 261 Å². The van der Waals surface area contributed by atoms with Crippen molar-refractivity contribution < 1.29 is 9.21 Å². The predicted molar refractivity (Wildman–Crippen MR) is 169 cm³/mol. The van der Waals surface area contributed by atoms with Gasteiger partial charge in [0.15, 0.2) is 10.9 Å². The molecular formula is C30H26Cl2N6O2S2. The van der Waals surface area contributed by atoms with Gasteiger partial charge in [-0.15, -0.1) is 21.5 Å². The van der Waals surface area contributed by atoms with Crippen molar-refractivity contribution in [3.8, 4) is 17.3 Å². The maximum absolute atomic E-state index is 13.2. The molecule has 1 aliphatic rings. The minimum Gasteiger partial charge on any atom is -0.461 e. The summed E-state index contributed by atoms with van der Waals surface area (Å²) in [4.78, 5) is 22.1. The van der Waals surface area contributed by atoms with Gasteiger partial charge in [-0.1, -0.05) is 77.4 Å². The Morgan fingerprint density at radius 1 is 1.02 bits per heavy atom. The van der Waals surface area contributed by atoms with Crippen LogP contribution < -0.4 is 0 Å². The van der Waals surface area contributed by atoms with Crippen molar-refractivity contribution in [3.63, 3.8) is 0 Å². The van der Waals surface area contributed by atoms with Crippen molar-refractivity contribution >= 4 is 58.3 Å². The summed E-state index contributed by atoms with van der Waals surface area (Å²) < 4.78 is 7.44. The van der Waals surface area contributed by atoms with E-state index < -0.39 is 0 Å². The van der Waals surface area contributed by atoms with Crippen LogP contribution in [0.25, 0.3) is 23.3 Å². The molecule has 6 rings (SSSR count). The van der Waals surface area contributed by atoms with Crippen LogP contribution in [0.1, 0.15) is 21.1 Å². The number of amides is 1. The van der Waals surface area contributed by atoms with E-state index in [0.717, 1.165) is 24.6 Å². The van der Waals surface area contributed by atoms with Gasteiger partial charge in [-0.25, -0.2) is 4.98 Å². The zero-order valence-corrected chi connectivity index (χ0v) is 25.5. The molecule has 3 aromatic heterocycles. The summed E-state index contributed by atoms with van der Waals surface area (Å²) in [6, 6.07) is 19.1. The zero-order valence-electron chi connectivity index (χ0n) is 22.4. The molecule has 5 aromatic rings. The Morgan fingerprint density at radius 2 is 1.86 bits per heavy atom. The summed E-state index contributed by atoms with van der Waals surface area (Å²) in [6.45, 7) is 3.89. The highest BCUT2D eigenvalue weighted by Gasteiger charge is 2.24. The number of aromatic nitrogens is 4. The van der Waals surface area contributed by atoms with Gasteiger partial charge in [-0.05, 0) is 35.9 Å². The molecule has 42 heavy (non-hydrogen) atoms. The molecule has 0 unspecified atom stereocenters. The van der Waals surface area contributed by atoms with Crippen LogP contribution in [0.5, 0.6) is 0 Å². The molecule has 4 heterocycles. The summed E-state index contributed by atoms with van der Waals surface area (Å²) in [5, 5.41) is 13.0. The first-order chi connectivity index (χ1) is 20.5. The number of furan rings is 1. The number of carbonyl (C=O) groups excluding carboxylic acids is 1. The zero-order chi connectivity index (χ0) is 28.9. The van der Waals surface area contributed by atoms with Crippen molar-refractivity contribution in [1.82, 2.24) is 29.5 Å². The van der Waals surface area contributed by atoms with Crippen LogP contribution in [-0.2, 0) is 5.75 Å². The predicted octanol–water partition coefficient (Wildman–Crippen LogP) is 7.05. The molecular weight excluding hydrogens is 611 g/mol. The number of piperazine rings is 1. The number of thiazole rings is 1. The van der Waals surface area contributed by atoms with Gasteiger partial charge in [0.25, 0.3) is 5.91 Å². The second-order valence-corrected chi connectivity index (χ2v) is 12.3. The number of thioether (sulfide) groups is 1. The quantitative estimate of drug-likeness (QED) is 0.160. The molecule has 0 N–H and O–H groups in total. The molecule has 2 aromatic carbocycles. The summed E-state index contributed by atoms with van der Waals surface area (Å²) in [6.07, 6.45) is 5.90. The van der Waals surface area contributed by atoms with Crippen molar-refractivity contribution in [1.29, 1.82) is 0 Å². The minimum absolute atomic E-state index is 0.0294. The Kier molecular flexibility index (Phi) is 9.07. The van der Waals surface area contributed by atoms with Gasteiger partial charge in [0.1, 0.15) is 10.7 Å². The lowest BCUT2D eigenvalue weighted by atomic mass is 10.2. The van der Waals surface area contributed by atoms with Crippen LogP contribution >= 0.6 is 46.3 Å². The van der Waals surface area contributed by atoms with Crippen LogP contribution in [0.15, 0.2) is 88.0 Å². The van der Waals surface area contributed by atoms with E-state index in [-0.39, 0.29) is 5.91 Å². The van der Waals surface area contributed by atoms with Gasteiger partial charge >= 0.3 is 0 Å². The van der Waals surface area contributed by atoms with Crippen molar-refractivity contribution in [2.45, 2.75) is 10.9 Å². The fourth-order valence-corrected chi connectivity index (χ4v) is 6.83. The van der Waals surface area contributed by atoms with Crippen LogP contribution in [-0.4, -0.2) is 68.2 Å². The third kappa shape index (κ3) is 6.63. The fourth-order valence-electron chi connectivity index (χ4n) is 4.61. The van der Waals surface area contributed by atoms with E-state index in [1.165, 1.54) is 28.7 Å². The van der Waals surface area contributed by atoms with Crippen LogP contribution in [0, 0.1) is 0 Å². The fraction of sp³-hybridized carbons (Fsp3) is 0.200. The SMILES string of the molecule is O=C(c1csc(CSc2nnc(-c3ccco3)n2-c2ccc(Cl)cc2Cl)n1)N1CCN(CC=Cc2ccccc2)CC1. The van der Waals surface area contributed by atoms with Crippen LogP contribution in [0.3, 0.4) is 0 Å². The topological polar surface area (TPSA) is 80.3 Å². The lowest BCUT2D eigenvalue weighted by Crippen LogP contribution is -2.48. The molecule has 1 amide bonds. The van der Waals surface area contributed by atoms with Crippen LogP contribution in [0.2, 0.25) is 10.0 Å². The summed E-state index contributed by atoms with van der Waals surface area (Å²) in [5.74, 6) is 1.57. The highest BCUT2D eigenvalue weighted by Crippen LogP contribution is 2.34. The number of hydrogen-bond acceptors (Lipinski definition) is 8. The van der Waals surface area contributed by atoms with Gasteiger partial charge in [0, 0.05) is 43.1 Å². The second-order valence-electron chi connectivity index (χ2n) is 9.54. The summed E-state index contributed by atoms with van der Waals surface area (Å²) >= 11 is 15.6. The maximum atomic E-state index is 13.2. The average molecular weight is 638 g/mol. The van der Waals surface area contributed by atoms with E-state index in [0.29, 0.717) is 57.0 Å². The molecule has 214 valence electrons. The van der Waals surface area contributed by atoms with Gasteiger partial charge < -0.3 is 9.32 Å². The monoisotopic (exact) mass is 636 g/mol. The molecule has 0 bridgehead atoms. The van der Waals surface area contributed by atoms with Crippen molar-refractivity contribution in [2.24, 2.45) is 0 Å². The molecule has 12 heteroatoms. The van der Waals surface area contributed by atoms with Gasteiger partial charge in [-0.3, -0.25) is 14.3 Å². The van der Waals surface area contributed by atoms with E-state index in [1.54, 1.807) is 24.5 Å². The summed E-state index contributed by atoms with van der Waals surface area (Å²) in [5.41, 5.74) is 2.35. The first kappa shape index (κ1) is 28.7. The highest BCUT2D eigenvalue weighted by molar-refractivity contribution is 7.98. The molecule has 1 saturated heterocycles. The highest BCUT2D eigenvalue weighted by atomic mass is 35.5. The normalized spacial score (nSPS) is 14.2. The first-order valence-corrected chi connectivity index (χ1v) is 15.9. The third-order valence-corrected chi connectivity index (χ3v) is 9.26. The molecule has 0 aliphatic carbocycles. The number of nitrogens with zero attached hydrogens (tertiary/aromatic N) is 6. The Bertz CT molecular complexity index is 1680. The molecule has 0 radical (unpaired) electrons. The maximum Gasteiger partial charge on any atom is 0.273 e. The third-order valence-electron chi connectivity index (χ3n) is 6.75. The number of hydrogen-bond donors (Lipinski definition) is 0. The molecule has 1 fully saturated rings. The number of benzene rings is 2. The van der Waals surface area contributed by atoms with E-state index in [1.807, 2.05) is 45.2 Å². The Morgan fingerprint density at radius 3 is 2.62 bits per heavy atom. The van der Waals surface area contributed by atoms with E-state index in [2.05, 4.69) is 44.4 Å². The van der Waals surface area contributed by atoms with E-state index >= 15 is 0 Å². The van der Waals surface area contributed by atoms with Crippen LogP contribution in [0.4, 0.5) is 0 Å². The van der Waals surface area contributed by atoms with E-state index in [9.17, 15) is 4.79 Å². The average Bonchev–Trinajstić information content (AvgIpc) is 3.78. The first-order valence-electron chi connectivity index (χ1n) is 13.3. The number of rotatable bonds is 9. The van der Waals surface area contributed by atoms with E-state index in [4.69, 9.17) is 27.6 Å². The Hall–Kier alpha value is -3.41. The largest absolute Gasteiger partial charge is 0.461 e. The lowest BCUT2D eigenvalue weighted by Gasteiger charge is -2.33. The number of halogens is 2. The van der Waals surface area contributed by atoms with Crippen molar-refractivity contribution in [3.05, 3.63) is 105 Å². The smallest absolute Gasteiger partial charge is 0.273 e. The van der Waals surface area contributed by atoms with Gasteiger partial charge in [0.2, 0.25) is 5.82 Å². The van der Waals surface area contributed by atoms with Gasteiger partial charge in [-0.2, -0.15) is 0 Å². The minimum atomic E-state index is -0.0294. The standard InChI is InChI=1S/C30H26Cl2N6O2S2/c31-22-10-11-25(23(32)18-22)38-28(26-9-5-17-40-26)34-35-30(38)42-20-27-33-24(19-41-27)29(39)37-15-13-36(14-16-37)12-4-8-21-6-2-1-3-7-21/h1-11,17-19H,12-16,20H2. The molecule has 0 spiro atoms. The molecule has 0 atom stereocenters. The molecule has 1 aliphatic heterocycles. The Balaban J connectivity index is 1.08. The van der Waals surface area contributed by atoms with Gasteiger partial charge in [0.05, 0.1) is 22.7 Å². The van der Waals surface area contributed by atoms with Crippen molar-refractivity contribution in [2.75, 3.05) is 32.7 Å². The molecule has 8 nitrogen and oxygen atoms in total. The molecule has 0 saturated carbocycles. The lowest BCUT2D eigenvalue weighted by molar-refractivity contribution is 0.0645. The second kappa shape index (κ2) is 13.3. The number of carbonyl (C=O) groups is 1.